The molecule has 3 rings (SSSR count). The lowest BCUT2D eigenvalue weighted by atomic mass is 10.0. The Balaban J connectivity index is 2.03. The van der Waals surface area contributed by atoms with E-state index in [0.29, 0.717) is 5.92 Å². The van der Waals surface area contributed by atoms with E-state index in [9.17, 15) is 0 Å². The molecule has 0 amide bonds. The predicted octanol–water partition coefficient (Wildman–Crippen LogP) is 2.63. The van der Waals surface area contributed by atoms with Gasteiger partial charge in [-0.25, -0.2) is 9.97 Å². The molecule has 1 aliphatic heterocycles. The highest BCUT2D eigenvalue weighted by Crippen LogP contribution is 2.29. The Morgan fingerprint density at radius 2 is 2.41 bits per heavy atom. The van der Waals surface area contributed by atoms with Crippen LogP contribution in [0.1, 0.15) is 24.6 Å². The molecule has 0 aromatic carbocycles. The molecule has 4 nitrogen and oxygen atoms in total. The SMILES string of the molecule is CNc1nc(C2CCCOC2)nc2sccc12. The van der Waals surface area contributed by atoms with Crippen LogP contribution in [0.15, 0.2) is 11.4 Å². The molecule has 5 heteroatoms. The molecule has 3 heterocycles. The summed E-state index contributed by atoms with van der Waals surface area (Å²) in [5.74, 6) is 2.20. The number of anilines is 1. The summed E-state index contributed by atoms with van der Waals surface area (Å²) >= 11 is 1.66. The van der Waals surface area contributed by atoms with Crippen molar-refractivity contribution >= 4 is 27.4 Å². The minimum Gasteiger partial charge on any atom is -0.381 e. The van der Waals surface area contributed by atoms with Gasteiger partial charge in [-0.1, -0.05) is 0 Å². The van der Waals surface area contributed by atoms with Crippen molar-refractivity contribution < 1.29 is 4.74 Å². The summed E-state index contributed by atoms with van der Waals surface area (Å²) < 4.78 is 5.51. The summed E-state index contributed by atoms with van der Waals surface area (Å²) in [5.41, 5.74) is 0. The normalized spacial score (nSPS) is 20.6. The molecular weight excluding hydrogens is 234 g/mol. The summed E-state index contributed by atoms with van der Waals surface area (Å²) in [5, 5.41) is 6.32. The van der Waals surface area contributed by atoms with Crippen LogP contribution in [0.4, 0.5) is 5.82 Å². The fraction of sp³-hybridized carbons (Fsp3) is 0.500. The maximum absolute atomic E-state index is 5.51. The van der Waals surface area contributed by atoms with Gasteiger partial charge in [0, 0.05) is 19.6 Å². The number of thiophene rings is 1. The van der Waals surface area contributed by atoms with Gasteiger partial charge in [-0.05, 0) is 24.3 Å². The van der Waals surface area contributed by atoms with Crippen LogP contribution < -0.4 is 5.32 Å². The number of aromatic nitrogens is 2. The summed E-state index contributed by atoms with van der Waals surface area (Å²) in [6.07, 6.45) is 2.23. The van der Waals surface area contributed by atoms with E-state index in [-0.39, 0.29) is 0 Å². The Hall–Kier alpha value is -1.20. The lowest BCUT2D eigenvalue weighted by Gasteiger charge is -2.21. The number of hydrogen-bond donors (Lipinski definition) is 1. The topological polar surface area (TPSA) is 47.0 Å². The highest BCUT2D eigenvalue weighted by atomic mass is 32.1. The number of ether oxygens (including phenoxy) is 1. The number of nitrogens with one attached hydrogen (secondary N) is 1. The van der Waals surface area contributed by atoms with Crippen LogP contribution >= 0.6 is 11.3 Å². The average Bonchev–Trinajstić information content (AvgIpc) is 2.86. The van der Waals surface area contributed by atoms with Gasteiger partial charge in [-0.2, -0.15) is 0 Å². The molecule has 2 aromatic heterocycles. The summed E-state index contributed by atoms with van der Waals surface area (Å²) in [4.78, 5) is 10.3. The van der Waals surface area contributed by atoms with Crippen molar-refractivity contribution in [3.05, 3.63) is 17.3 Å². The van der Waals surface area contributed by atoms with Crippen molar-refractivity contribution in [2.24, 2.45) is 0 Å². The second-order valence-electron chi connectivity index (χ2n) is 4.23. The van der Waals surface area contributed by atoms with Gasteiger partial charge in [0.05, 0.1) is 12.0 Å². The van der Waals surface area contributed by atoms with Crippen molar-refractivity contribution in [1.82, 2.24) is 9.97 Å². The van der Waals surface area contributed by atoms with E-state index < -0.39 is 0 Å². The van der Waals surface area contributed by atoms with Crippen LogP contribution in [-0.4, -0.2) is 30.2 Å². The van der Waals surface area contributed by atoms with E-state index in [1.165, 1.54) is 0 Å². The van der Waals surface area contributed by atoms with Gasteiger partial charge in [0.25, 0.3) is 0 Å². The second-order valence-corrected chi connectivity index (χ2v) is 5.13. The van der Waals surface area contributed by atoms with Gasteiger partial charge in [0.1, 0.15) is 16.5 Å². The van der Waals surface area contributed by atoms with Crippen LogP contribution in [0.2, 0.25) is 0 Å². The number of hydrogen-bond acceptors (Lipinski definition) is 5. The van der Waals surface area contributed by atoms with Gasteiger partial charge in [0.15, 0.2) is 0 Å². The molecule has 1 unspecified atom stereocenters. The molecule has 1 aliphatic rings. The number of nitrogens with zero attached hydrogens (tertiary/aromatic N) is 2. The number of rotatable bonds is 2. The van der Waals surface area contributed by atoms with Crippen LogP contribution in [0, 0.1) is 0 Å². The average molecular weight is 249 g/mol. The first-order chi connectivity index (χ1) is 8.38. The van der Waals surface area contributed by atoms with Crippen LogP contribution in [-0.2, 0) is 4.74 Å². The van der Waals surface area contributed by atoms with E-state index in [1.807, 2.05) is 7.05 Å². The monoisotopic (exact) mass is 249 g/mol. The zero-order valence-electron chi connectivity index (χ0n) is 9.77. The zero-order chi connectivity index (χ0) is 11.7. The first kappa shape index (κ1) is 10.9. The number of fused-ring (bicyclic) bond motifs is 1. The highest BCUT2D eigenvalue weighted by molar-refractivity contribution is 7.16. The zero-order valence-corrected chi connectivity index (χ0v) is 10.6. The first-order valence-corrected chi connectivity index (χ1v) is 6.77. The molecule has 2 aromatic rings. The van der Waals surface area contributed by atoms with Crippen LogP contribution in [0.5, 0.6) is 0 Å². The molecule has 0 saturated carbocycles. The lowest BCUT2D eigenvalue weighted by Crippen LogP contribution is -2.18. The minimum atomic E-state index is 0.349. The fourth-order valence-corrected chi connectivity index (χ4v) is 2.96. The standard InChI is InChI=1S/C12H15N3OS/c1-13-11-9-4-6-17-12(9)15-10(14-11)8-3-2-5-16-7-8/h4,6,8H,2-3,5,7H2,1H3,(H,13,14,15). The van der Waals surface area contributed by atoms with Crippen molar-refractivity contribution in [2.45, 2.75) is 18.8 Å². The van der Waals surface area contributed by atoms with E-state index in [1.54, 1.807) is 11.3 Å². The van der Waals surface area contributed by atoms with E-state index in [4.69, 9.17) is 4.74 Å². The van der Waals surface area contributed by atoms with Crippen LogP contribution in [0.3, 0.4) is 0 Å². The largest absolute Gasteiger partial charge is 0.381 e. The molecule has 90 valence electrons. The summed E-state index contributed by atoms with van der Waals surface area (Å²) in [6, 6.07) is 2.06. The molecule has 0 bridgehead atoms. The molecule has 1 N–H and O–H groups in total. The van der Waals surface area contributed by atoms with Gasteiger partial charge < -0.3 is 10.1 Å². The highest BCUT2D eigenvalue weighted by Gasteiger charge is 2.20. The fourth-order valence-electron chi connectivity index (χ4n) is 2.19. The Morgan fingerprint density at radius 1 is 1.47 bits per heavy atom. The lowest BCUT2D eigenvalue weighted by molar-refractivity contribution is 0.0782. The Morgan fingerprint density at radius 3 is 3.18 bits per heavy atom. The molecule has 0 spiro atoms. The van der Waals surface area contributed by atoms with Crippen molar-refractivity contribution in [2.75, 3.05) is 25.6 Å². The predicted molar refractivity (Wildman–Crippen MR) is 69.8 cm³/mol. The Kier molecular flexibility index (Phi) is 2.94. The van der Waals surface area contributed by atoms with Gasteiger partial charge in [-0.3, -0.25) is 0 Å². The van der Waals surface area contributed by atoms with E-state index in [0.717, 1.165) is 47.9 Å². The third-order valence-electron chi connectivity index (χ3n) is 3.10. The third-order valence-corrected chi connectivity index (χ3v) is 3.91. The molecule has 0 aliphatic carbocycles. The maximum Gasteiger partial charge on any atom is 0.138 e. The van der Waals surface area contributed by atoms with Gasteiger partial charge >= 0.3 is 0 Å². The quantitative estimate of drug-likeness (QED) is 0.888. The first-order valence-electron chi connectivity index (χ1n) is 5.89. The molecule has 1 atom stereocenters. The summed E-state index contributed by atoms with van der Waals surface area (Å²) in [6.45, 7) is 1.62. The third kappa shape index (κ3) is 2.00. The van der Waals surface area contributed by atoms with E-state index in [2.05, 4.69) is 26.7 Å². The van der Waals surface area contributed by atoms with E-state index >= 15 is 0 Å². The second kappa shape index (κ2) is 4.58. The smallest absolute Gasteiger partial charge is 0.138 e. The van der Waals surface area contributed by atoms with Crippen LogP contribution in [0.25, 0.3) is 10.2 Å². The minimum absolute atomic E-state index is 0.349. The molecule has 0 radical (unpaired) electrons. The Bertz CT molecular complexity index is 519. The van der Waals surface area contributed by atoms with Crippen molar-refractivity contribution in [3.8, 4) is 0 Å². The summed E-state index contributed by atoms with van der Waals surface area (Å²) in [7, 11) is 1.90. The van der Waals surface area contributed by atoms with Gasteiger partial charge in [-0.15, -0.1) is 11.3 Å². The maximum atomic E-state index is 5.51. The molecule has 17 heavy (non-hydrogen) atoms. The Labute approximate surface area is 104 Å². The molecule has 1 saturated heterocycles. The van der Waals surface area contributed by atoms with Crippen molar-refractivity contribution in [1.29, 1.82) is 0 Å². The molecular formula is C12H15N3OS. The molecule has 1 fully saturated rings. The van der Waals surface area contributed by atoms with Crippen molar-refractivity contribution in [3.63, 3.8) is 0 Å². The van der Waals surface area contributed by atoms with Gasteiger partial charge in [0.2, 0.25) is 0 Å².